The van der Waals surface area contributed by atoms with Gasteiger partial charge in [-0.3, -0.25) is 20.2 Å². The number of rotatable bonds is 6. The molecule has 18 heavy (non-hydrogen) atoms. The summed E-state index contributed by atoms with van der Waals surface area (Å²) >= 11 is 0. The number of hydrogen-bond donors (Lipinski definition) is 3. The summed E-state index contributed by atoms with van der Waals surface area (Å²) in [5.41, 5.74) is 0. The standard InChI is InChI=1S/C11H22N4O3/c1-5-12-11(18)14-10(17)8(3)13-7-9(16)15(4)6-2/h8,13H,5-7H2,1-4H3,(H2,12,14,17,18). The molecule has 7 nitrogen and oxygen atoms in total. The number of carbonyl (C=O) groups excluding carboxylic acids is 3. The SMILES string of the molecule is CCNC(=O)NC(=O)C(C)NCC(=O)N(C)CC. The topological polar surface area (TPSA) is 90.5 Å². The molecule has 0 radical (unpaired) electrons. The molecule has 0 aromatic carbocycles. The summed E-state index contributed by atoms with van der Waals surface area (Å²) in [5.74, 6) is -0.567. The van der Waals surface area contributed by atoms with Crippen LogP contribution in [0, 0.1) is 0 Å². The molecule has 0 aliphatic carbocycles. The summed E-state index contributed by atoms with van der Waals surface area (Å²) in [5, 5.41) is 7.38. The second-order valence-electron chi connectivity index (χ2n) is 3.86. The van der Waals surface area contributed by atoms with Gasteiger partial charge in [0.15, 0.2) is 0 Å². The molecular weight excluding hydrogens is 236 g/mol. The van der Waals surface area contributed by atoms with E-state index in [0.29, 0.717) is 13.1 Å². The van der Waals surface area contributed by atoms with Crippen LogP contribution < -0.4 is 16.0 Å². The molecule has 1 atom stereocenters. The quantitative estimate of drug-likeness (QED) is 0.587. The lowest BCUT2D eigenvalue weighted by atomic mass is 10.3. The Hall–Kier alpha value is -1.63. The zero-order valence-corrected chi connectivity index (χ0v) is 11.4. The van der Waals surface area contributed by atoms with Crippen LogP contribution in [0.25, 0.3) is 0 Å². The van der Waals surface area contributed by atoms with Crippen molar-refractivity contribution < 1.29 is 14.4 Å². The number of likely N-dealkylation sites (N-methyl/N-ethyl adjacent to an activating group) is 1. The van der Waals surface area contributed by atoms with Crippen LogP contribution in [0.4, 0.5) is 4.79 Å². The second-order valence-corrected chi connectivity index (χ2v) is 3.86. The van der Waals surface area contributed by atoms with Gasteiger partial charge in [0.1, 0.15) is 0 Å². The van der Waals surface area contributed by atoms with Crippen molar-refractivity contribution in [3.63, 3.8) is 0 Å². The summed E-state index contributed by atoms with van der Waals surface area (Å²) < 4.78 is 0. The molecule has 1 unspecified atom stereocenters. The lowest BCUT2D eigenvalue weighted by molar-refractivity contribution is -0.129. The van der Waals surface area contributed by atoms with Crippen LogP contribution in [0.5, 0.6) is 0 Å². The highest BCUT2D eigenvalue weighted by Gasteiger charge is 2.16. The van der Waals surface area contributed by atoms with Crippen molar-refractivity contribution in [2.75, 3.05) is 26.7 Å². The van der Waals surface area contributed by atoms with Gasteiger partial charge in [0.2, 0.25) is 11.8 Å². The van der Waals surface area contributed by atoms with Crippen LogP contribution >= 0.6 is 0 Å². The maximum absolute atomic E-state index is 11.5. The molecule has 3 N–H and O–H groups in total. The van der Waals surface area contributed by atoms with Gasteiger partial charge in [-0.05, 0) is 20.8 Å². The van der Waals surface area contributed by atoms with E-state index in [-0.39, 0.29) is 12.5 Å². The molecule has 0 bridgehead atoms. The molecule has 0 rings (SSSR count). The van der Waals surface area contributed by atoms with Crippen LogP contribution in [0.15, 0.2) is 0 Å². The number of nitrogens with zero attached hydrogens (tertiary/aromatic N) is 1. The van der Waals surface area contributed by atoms with Gasteiger partial charge in [-0.2, -0.15) is 0 Å². The zero-order chi connectivity index (χ0) is 14.1. The molecule has 0 aliphatic rings. The molecule has 4 amide bonds. The summed E-state index contributed by atoms with van der Waals surface area (Å²) in [6.07, 6.45) is 0. The molecule has 104 valence electrons. The van der Waals surface area contributed by atoms with Gasteiger partial charge < -0.3 is 10.2 Å². The molecule has 0 heterocycles. The fourth-order valence-corrected chi connectivity index (χ4v) is 1.07. The first kappa shape index (κ1) is 16.4. The van der Waals surface area contributed by atoms with Crippen molar-refractivity contribution in [1.82, 2.24) is 20.9 Å². The van der Waals surface area contributed by atoms with Crippen molar-refractivity contribution in [2.45, 2.75) is 26.8 Å². The van der Waals surface area contributed by atoms with Crippen LogP contribution in [0.3, 0.4) is 0 Å². The van der Waals surface area contributed by atoms with Gasteiger partial charge in [0.05, 0.1) is 12.6 Å². The summed E-state index contributed by atoms with van der Waals surface area (Å²) in [7, 11) is 1.68. The molecular formula is C11H22N4O3. The molecule has 0 spiro atoms. The van der Waals surface area contributed by atoms with E-state index in [4.69, 9.17) is 0 Å². The van der Waals surface area contributed by atoms with E-state index in [0.717, 1.165) is 0 Å². The van der Waals surface area contributed by atoms with E-state index in [2.05, 4.69) is 16.0 Å². The summed E-state index contributed by atoms with van der Waals surface area (Å²) in [6, 6.07) is -1.14. The highest BCUT2D eigenvalue weighted by Crippen LogP contribution is 1.86. The Kier molecular flexibility index (Phi) is 7.69. The minimum Gasteiger partial charge on any atom is -0.345 e. The predicted octanol–water partition coefficient (Wildman–Crippen LogP) is -0.711. The smallest absolute Gasteiger partial charge is 0.321 e. The van der Waals surface area contributed by atoms with E-state index in [1.807, 2.05) is 6.92 Å². The Morgan fingerprint density at radius 1 is 1.22 bits per heavy atom. The summed E-state index contributed by atoms with van der Waals surface area (Å²) in [6.45, 7) is 6.33. The van der Waals surface area contributed by atoms with Crippen LogP contribution in [-0.4, -0.2) is 55.5 Å². The van der Waals surface area contributed by atoms with E-state index in [1.54, 1.807) is 25.8 Å². The van der Waals surface area contributed by atoms with Gasteiger partial charge in [-0.1, -0.05) is 0 Å². The number of nitrogens with one attached hydrogen (secondary N) is 3. The largest absolute Gasteiger partial charge is 0.345 e. The number of hydrogen-bond acceptors (Lipinski definition) is 4. The Morgan fingerprint density at radius 2 is 1.83 bits per heavy atom. The van der Waals surface area contributed by atoms with Gasteiger partial charge in [0.25, 0.3) is 0 Å². The molecule has 7 heteroatoms. The third kappa shape index (κ3) is 6.19. The average molecular weight is 258 g/mol. The number of carbonyl (C=O) groups is 3. The zero-order valence-electron chi connectivity index (χ0n) is 11.4. The van der Waals surface area contributed by atoms with E-state index < -0.39 is 18.0 Å². The van der Waals surface area contributed by atoms with Crippen LogP contribution in [0.1, 0.15) is 20.8 Å². The van der Waals surface area contributed by atoms with Gasteiger partial charge in [-0.15, -0.1) is 0 Å². The summed E-state index contributed by atoms with van der Waals surface area (Å²) in [4.78, 5) is 35.6. The minimum absolute atomic E-state index is 0.0638. The van der Waals surface area contributed by atoms with E-state index in [1.165, 1.54) is 0 Å². The fraction of sp³-hybridized carbons (Fsp3) is 0.727. The second kappa shape index (κ2) is 8.46. The highest BCUT2D eigenvalue weighted by atomic mass is 16.2. The molecule has 0 aromatic rings. The van der Waals surface area contributed by atoms with Crippen molar-refractivity contribution in [3.05, 3.63) is 0 Å². The maximum Gasteiger partial charge on any atom is 0.321 e. The van der Waals surface area contributed by atoms with Crippen LogP contribution in [-0.2, 0) is 9.59 Å². The third-order valence-electron chi connectivity index (χ3n) is 2.43. The highest BCUT2D eigenvalue weighted by molar-refractivity contribution is 5.97. The van der Waals surface area contributed by atoms with Gasteiger partial charge in [0, 0.05) is 20.1 Å². The Bertz CT molecular complexity index is 307. The third-order valence-corrected chi connectivity index (χ3v) is 2.43. The predicted molar refractivity (Wildman–Crippen MR) is 68.0 cm³/mol. The Labute approximate surface area is 107 Å². The Morgan fingerprint density at radius 3 is 2.33 bits per heavy atom. The molecule has 0 aliphatic heterocycles. The van der Waals surface area contributed by atoms with Crippen molar-refractivity contribution in [2.24, 2.45) is 0 Å². The van der Waals surface area contributed by atoms with Gasteiger partial charge >= 0.3 is 6.03 Å². The Balaban J connectivity index is 4.02. The maximum atomic E-state index is 11.5. The number of imide groups is 1. The monoisotopic (exact) mass is 258 g/mol. The van der Waals surface area contributed by atoms with E-state index >= 15 is 0 Å². The lowest BCUT2D eigenvalue weighted by Crippen LogP contribution is -2.50. The number of amides is 4. The first-order valence-corrected chi connectivity index (χ1v) is 5.98. The van der Waals surface area contributed by atoms with Crippen molar-refractivity contribution >= 4 is 17.8 Å². The van der Waals surface area contributed by atoms with Crippen molar-refractivity contribution in [1.29, 1.82) is 0 Å². The first-order valence-electron chi connectivity index (χ1n) is 5.98. The minimum atomic E-state index is -0.609. The average Bonchev–Trinajstić information content (AvgIpc) is 2.34. The van der Waals surface area contributed by atoms with Gasteiger partial charge in [-0.25, -0.2) is 4.79 Å². The first-order chi connectivity index (χ1) is 8.42. The molecule has 0 saturated carbocycles. The molecule has 0 fully saturated rings. The number of urea groups is 1. The lowest BCUT2D eigenvalue weighted by Gasteiger charge is -2.17. The molecule has 0 saturated heterocycles. The fourth-order valence-electron chi connectivity index (χ4n) is 1.07. The van der Waals surface area contributed by atoms with Crippen molar-refractivity contribution in [3.8, 4) is 0 Å². The van der Waals surface area contributed by atoms with E-state index in [9.17, 15) is 14.4 Å². The van der Waals surface area contributed by atoms with Crippen LogP contribution in [0.2, 0.25) is 0 Å². The molecule has 0 aromatic heterocycles. The normalized spacial score (nSPS) is 11.6.